The van der Waals surface area contributed by atoms with Gasteiger partial charge in [0.05, 0.1) is 6.54 Å². The zero-order valence-electron chi connectivity index (χ0n) is 13.9. The van der Waals surface area contributed by atoms with Crippen LogP contribution in [0.5, 0.6) is 0 Å². The van der Waals surface area contributed by atoms with Gasteiger partial charge in [0.1, 0.15) is 5.82 Å². The highest BCUT2D eigenvalue weighted by molar-refractivity contribution is 6.34. The Hall–Kier alpha value is -2.53. The minimum absolute atomic E-state index is 0.0561. The van der Waals surface area contributed by atoms with Crippen molar-refractivity contribution in [3.63, 3.8) is 0 Å². The number of fused-ring (bicyclic) bond motifs is 1. The topological polar surface area (TPSA) is 61.0 Å². The number of benzene rings is 1. The average Bonchev–Trinajstić information content (AvgIpc) is 2.94. The number of carbonyl (C=O) groups is 1. The molecule has 6 heteroatoms. The van der Waals surface area contributed by atoms with Crippen LogP contribution in [0.4, 0.5) is 5.82 Å². The Balaban J connectivity index is 1.96. The first-order chi connectivity index (χ1) is 11.4. The second kappa shape index (κ2) is 6.53. The van der Waals surface area contributed by atoms with Crippen LogP contribution < -0.4 is 10.2 Å². The third-order valence-electron chi connectivity index (χ3n) is 3.81. The van der Waals surface area contributed by atoms with Gasteiger partial charge in [0.25, 0.3) is 0 Å². The molecule has 3 rings (SSSR count). The summed E-state index contributed by atoms with van der Waals surface area (Å²) < 4.78 is 0. The number of aromatic nitrogens is 2. The molecule has 0 aliphatic rings. The first-order valence-electron chi connectivity index (χ1n) is 7.63. The van der Waals surface area contributed by atoms with Crippen LogP contribution in [0.25, 0.3) is 22.0 Å². The lowest BCUT2D eigenvalue weighted by atomic mass is 10.1. The van der Waals surface area contributed by atoms with Crippen molar-refractivity contribution in [2.24, 2.45) is 0 Å². The number of amides is 1. The zero-order chi connectivity index (χ0) is 17.3. The predicted molar refractivity (Wildman–Crippen MR) is 98.4 cm³/mol. The normalized spacial score (nSPS) is 10.8. The van der Waals surface area contributed by atoms with E-state index in [2.05, 4.69) is 15.3 Å². The number of halogens is 1. The standard InChI is InChI=1S/C18H19ClN4O/c1-11(24)20-10-14-6-13-7-16(19)15(8-17(13)22-14)12-4-5-18(21-9-12)23(2)3/h4-9,22H,10H2,1-3H3,(H,20,24). The Kier molecular flexibility index (Phi) is 4.44. The molecule has 0 unspecified atom stereocenters. The molecule has 0 saturated carbocycles. The Bertz CT molecular complexity index is 884. The lowest BCUT2D eigenvalue weighted by molar-refractivity contribution is -0.119. The average molecular weight is 343 g/mol. The fourth-order valence-corrected chi connectivity index (χ4v) is 2.84. The second-order valence-corrected chi connectivity index (χ2v) is 6.33. The summed E-state index contributed by atoms with van der Waals surface area (Å²) in [6, 6.07) is 9.92. The summed E-state index contributed by atoms with van der Waals surface area (Å²) in [4.78, 5) is 20.8. The summed E-state index contributed by atoms with van der Waals surface area (Å²) in [5.41, 5.74) is 3.81. The monoisotopic (exact) mass is 342 g/mol. The number of H-pyrrole nitrogens is 1. The van der Waals surface area contributed by atoms with Gasteiger partial charge in [-0.15, -0.1) is 0 Å². The van der Waals surface area contributed by atoms with E-state index in [0.717, 1.165) is 33.5 Å². The maximum Gasteiger partial charge on any atom is 0.217 e. The fraction of sp³-hybridized carbons (Fsp3) is 0.222. The van der Waals surface area contributed by atoms with E-state index < -0.39 is 0 Å². The van der Waals surface area contributed by atoms with E-state index >= 15 is 0 Å². The van der Waals surface area contributed by atoms with Crippen molar-refractivity contribution in [2.75, 3.05) is 19.0 Å². The number of pyridine rings is 1. The Morgan fingerprint density at radius 3 is 2.71 bits per heavy atom. The zero-order valence-corrected chi connectivity index (χ0v) is 14.6. The van der Waals surface area contributed by atoms with Gasteiger partial charge >= 0.3 is 0 Å². The van der Waals surface area contributed by atoms with E-state index in [-0.39, 0.29) is 5.91 Å². The molecule has 0 aliphatic heterocycles. The highest BCUT2D eigenvalue weighted by atomic mass is 35.5. The summed E-state index contributed by atoms with van der Waals surface area (Å²) in [6.45, 7) is 1.97. The summed E-state index contributed by atoms with van der Waals surface area (Å²) in [7, 11) is 3.91. The fourth-order valence-electron chi connectivity index (χ4n) is 2.56. The molecule has 0 aliphatic carbocycles. The maximum atomic E-state index is 11.0. The van der Waals surface area contributed by atoms with Gasteiger partial charge in [-0.3, -0.25) is 4.79 Å². The second-order valence-electron chi connectivity index (χ2n) is 5.92. The molecule has 0 spiro atoms. The molecule has 1 aromatic carbocycles. The molecule has 5 nitrogen and oxygen atoms in total. The molecular weight excluding hydrogens is 324 g/mol. The van der Waals surface area contributed by atoms with E-state index in [1.165, 1.54) is 6.92 Å². The molecular formula is C18H19ClN4O. The molecule has 0 radical (unpaired) electrons. The van der Waals surface area contributed by atoms with Crippen molar-refractivity contribution in [3.05, 3.63) is 47.2 Å². The van der Waals surface area contributed by atoms with Crippen molar-refractivity contribution in [1.29, 1.82) is 0 Å². The van der Waals surface area contributed by atoms with Gasteiger partial charge in [-0.2, -0.15) is 0 Å². The van der Waals surface area contributed by atoms with Crippen LogP contribution in [0.15, 0.2) is 36.5 Å². The molecule has 0 bridgehead atoms. The minimum Gasteiger partial charge on any atom is -0.363 e. The molecule has 24 heavy (non-hydrogen) atoms. The smallest absolute Gasteiger partial charge is 0.217 e. The Morgan fingerprint density at radius 1 is 1.29 bits per heavy atom. The lowest BCUT2D eigenvalue weighted by Gasteiger charge is -2.12. The number of carbonyl (C=O) groups excluding carboxylic acids is 1. The van der Waals surface area contributed by atoms with Crippen LogP contribution in [0, 0.1) is 0 Å². The number of rotatable bonds is 4. The largest absolute Gasteiger partial charge is 0.363 e. The van der Waals surface area contributed by atoms with Gasteiger partial charge in [0.2, 0.25) is 5.91 Å². The summed E-state index contributed by atoms with van der Waals surface area (Å²) in [5.74, 6) is 0.841. The van der Waals surface area contributed by atoms with Gasteiger partial charge in [-0.1, -0.05) is 11.6 Å². The van der Waals surface area contributed by atoms with E-state index in [0.29, 0.717) is 11.6 Å². The first-order valence-corrected chi connectivity index (χ1v) is 8.01. The number of hydrogen-bond acceptors (Lipinski definition) is 3. The van der Waals surface area contributed by atoms with Crippen LogP contribution in [0.3, 0.4) is 0 Å². The van der Waals surface area contributed by atoms with Crippen molar-refractivity contribution < 1.29 is 4.79 Å². The van der Waals surface area contributed by atoms with E-state index in [9.17, 15) is 4.79 Å². The molecule has 0 fully saturated rings. The number of anilines is 1. The summed E-state index contributed by atoms with van der Waals surface area (Å²) in [5, 5.41) is 4.47. The quantitative estimate of drug-likeness (QED) is 0.761. The molecule has 2 heterocycles. The number of nitrogens with one attached hydrogen (secondary N) is 2. The van der Waals surface area contributed by atoms with E-state index in [1.54, 1.807) is 0 Å². The van der Waals surface area contributed by atoms with E-state index in [1.807, 2.05) is 55.5 Å². The van der Waals surface area contributed by atoms with Gasteiger partial charge in [0, 0.05) is 60.0 Å². The van der Waals surface area contributed by atoms with Crippen LogP contribution >= 0.6 is 11.6 Å². The molecule has 1 amide bonds. The minimum atomic E-state index is -0.0561. The van der Waals surface area contributed by atoms with Crippen LogP contribution in [0.2, 0.25) is 5.02 Å². The summed E-state index contributed by atoms with van der Waals surface area (Å²) >= 11 is 6.46. The van der Waals surface area contributed by atoms with E-state index in [4.69, 9.17) is 11.6 Å². The van der Waals surface area contributed by atoms with Crippen molar-refractivity contribution in [1.82, 2.24) is 15.3 Å². The van der Waals surface area contributed by atoms with Crippen molar-refractivity contribution in [2.45, 2.75) is 13.5 Å². The summed E-state index contributed by atoms with van der Waals surface area (Å²) in [6.07, 6.45) is 1.82. The molecule has 0 saturated heterocycles. The molecule has 3 aromatic rings. The number of hydrogen-bond donors (Lipinski definition) is 2. The first kappa shape index (κ1) is 16.3. The number of aromatic amines is 1. The van der Waals surface area contributed by atoms with Crippen molar-refractivity contribution >= 4 is 34.2 Å². The molecule has 0 atom stereocenters. The maximum absolute atomic E-state index is 11.0. The molecule has 2 aromatic heterocycles. The highest BCUT2D eigenvalue weighted by Crippen LogP contribution is 2.32. The van der Waals surface area contributed by atoms with Crippen LogP contribution in [0.1, 0.15) is 12.6 Å². The molecule has 2 N–H and O–H groups in total. The third-order valence-corrected chi connectivity index (χ3v) is 4.12. The SMILES string of the molecule is CC(=O)NCc1cc2cc(Cl)c(-c3ccc(N(C)C)nc3)cc2[nH]1. The highest BCUT2D eigenvalue weighted by Gasteiger charge is 2.09. The molecule has 124 valence electrons. The van der Waals surface area contributed by atoms with Gasteiger partial charge in [-0.05, 0) is 30.3 Å². The predicted octanol–water partition coefficient (Wildman–Crippen LogP) is 3.59. The lowest BCUT2D eigenvalue weighted by Crippen LogP contribution is -2.18. The van der Waals surface area contributed by atoms with Gasteiger partial charge in [-0.25, -0.2) is 4.98 Å². The third kappa shape index (κ3) is 3.36. The van der Waals surface area contributed by atoms with Crippen LogP contribution in [-0.2, 0) is 11.3 Å². The number of nitrogens with zero attached hydrogens (tertiary/aromatic N) is 2. The van der Waals surface area contributed by atoms with Gasteiger partial charge < -0.3 is 15.2 Å². The van der Waals surface area contributed by atoms with Crippen molar-refractivity contribution in [3.8, 4) is 11.1 Å². The Labute approximate surface area is 145 Å². The van der Waals surface area contributed by atoms with Crippen LogP contribution in [-0.4, -0.2) is 30.0 Å². The Morgan fingerprint density at radius 2 is 2.08 bits per heavy atom. The van der Waals surface area contributed by atoms with Gasteiger partial charge in [0.15, 0.2) is 0 Å².